The van der Waals surface area contributed by atoms with Crippen LogP contribution in [-0.2, 0) is 11.3 Å². The predicted molar refractivity (Wildman–Crippen MR) is 101 cm³/mol. The molecule has 2 heteroatoms. The molecule has 0 heterocycles. The van der Waals surface area contributed by atoms with Gasteiger partial charge in [0.05, 0.1) is 12.2 Å². The van der Waals surface area contributed by atoms with Crippen molar-refractivity contribution in [3.63, 3.8) is 0 Å². The molecule has 3 unspecified atom stereocenters. The van der Waals surface area contributed by atoms with Gasteiger partial charge >= 0.3 is 0 Å². The summed E-state index contributed by atoms with van der Waals surface area (Å²) in [6, 6.07) is 19.6. The lowest BCUT2D eigenvalue weighted by molar-refractivity contribution is -0.181. The van der Waals surface area contributed by atoms with Gasteiger partial charge in [0.2, 0.25) is 0 Å². The van der Waals surface area contributed by atoms with Crippen LogP contribution in [0.1, 0.15) is 37.7 Å². The second-order valence-corrected chi connectivity index (χ2v) is 8.55. The second kappa shape index (κ2) is 5.96. The van der Waals surface area contributed by atoms with Crippen LogP contribution >= 0.6 is 0 Å². The van der Waals surface area contributed by atoms with Gasteiger partial charge in [0, 0.05) is 6.04 Å². The fourth-order valence-corrected chi connectivity index (χ4v) is 5.87. The van der Waals surface area contributed by atoms with Gasteiger partial charge in [0.15, 0.2) is 0 Å². The second-order valence-electron chi connectivity index (χ2n) is 8.55. The molecule has 2 aromatic rings. The van der Waals surface area contributed by atoms with Gasteiger partial charge in [-0.25, -0.2) is 0 Å². The summed E-state index contributed by atoms with van der Waals surface area (Å²) in [6.07, 6.45) is 6.47. The fraction of sp³-hybridized carbons (Fsp3) is 0.478. The summed E-state index contributed by atoms with van der Waals surface area (Å²) in [4.78, 5) is 0. The van der Waals surface area contributed by atoms with Crippen LogP contribution in [0.3, 0.4) is 0 Å². The van der Waals surface area contributed by atoms with Crippen LogP contribution in [-0.4, -0.2) is 11.6 Å². The van der Waals surface area contributed by atoms with Crippen molar-refractivity contribution >= 4 is 0 Å². The van der Waals surface area contributed by atoms with Crippen LogP contribution in [0.15, 0.2) is 54.6 Å². The molecule has 0 spiro atoms. The summed E-state index contributed by atoms with van der Waals surface area (Å²) in [5, 5.41) is 0. The van der Waals surface area contributed by atoms with Crippen LogP contribution in [0.2, 0.25) is 0 Å². The zero-order chi connectivity index (χ0) is 16.9. The number of benzene rings is 2. The van der Waals surface area contributed by atoms with Crippen LogP contribution in [0.4, 0.5) is 0 Å². The van der Waals surface area contributed by atoms with Crippen molar-refractivity contribution in [1.82, 2.24) is 0 Å². The number of hydrogen-bond donors (Lipinski definition) is 1. The molecule has 4 fully saturated rings. The molecule has 130 valence electrons. The summed E-state index contributed by atoms with van der Waals surface area (Å²) < 4.78 is 6.56. The molecule has 0 aliphatic heterocycles. The lowest BCUT2D eigenvalue weighted by Crippen LogP contribution is -2.64. The number of nitrogens with two attached hydrogens (primary N) is 1. The lowest BCUT2D eigenvalue weighted by Gasteiger charge is -2.59. The molecule has 4 bridgehead atoms. The standard InChI is InChI=1S/C23H27NO/c24-22-21-11-17-10-18(12-21)14-23(22,13-17)25-15-16-6-8-20(9-7-16)19-4-2-1-3-5-19/h1-9,17-18,21-22H,10-15,24H2. The summed E-state index contributed by atoms with van der Waals surface area (Å²) in [7, 11) is 0. The van der Waals surface area contributed by atoms with Crippen molar-refractivity contribution in [3.05, 3.63) is 60.2 Å². The van der Waals surface area contributed by atoms with Crippen LogP contribution < -0.4 is 5.73 Å². The minimum Gasteiger partial charge on any atom is -0.369 e. The van der Waals surface area contributed by atoms with Crippen molar-refractivity contribution < 1.29 is 4.74 Å². The molecule has 6 rings (SSSR count). The van der Waals surface area contributed by atoms with E-state index in [9.17, 15) is 0 Å². The number of hydrogen-bond acceptors (Lipinski definition) is 2. The SMILES string of the molecule is NC1C2CC3CC(C2)CC1(OCc1ccc(-c2ccccc2)cc1)C3. The zero-order valence-corrected chi connectivity index (χ0v) is 14.7. The van der Waals surface area contributed by atoms with Gasteiger partial charge in [0.1, 0.15) is 0 Å². The van der Waals surface area contributed by atoms with E-state index < -0.39 is 0 Å². The fourth-order valence-electron chi connectivity index (χ4n) is 5.87. The predicted octanol–water partition coefficient (Wildman–Crippen LogP) is 4.78. The van der Waals surface area contributed by atoms with Gasteiger partial charge in [-0.2, -0.15) is 0 Å². The Morgan fingerprint density at radius 1 is 0.840 bits per heavy atom. The van der Waals surface area contributed by atoms with E-state index in [1.165, 1.54) is 48.8 Å². The Labute approximate surface area is 150 Å². The first-order chi connectivity index (χ1) is 12.2. The minimum atomic E-state index is -0.0488. The van der Waals surface area contributed by atoms with E-state index in [1.54, 1.807) is 0 Å². The molecular formula is C23H27NO. The van der Waals surface area contributed by atoms with Crippen LogP contribution in [0.5, 0.6) is 0 Å². The monoisotopic (exact) mass is 333 g/mol. The molecule has 0 radical (unpaired) electrons. The Kier molecular flexibility index (Phi) is 3.72. The van der Waals surface area contributed by atoms with E-state index in [-0.39, 0.29) is 11.6 Å². The summed E-state index contributed by atoms with van der Waals surface area (Å²) in [5.41, 5.74) is 10.4. The maximum absolute atomic E-state index is 6.64. The van der Waals surface area contributed by atoms with Gasteiger partial charge in [-0.3, -0.25) is 0 Å². The molecule has 4 aliphatic rings. The molecule has 0 amide bonds. The van der Waals surface area contributed by atoms with Crippen molar-refractivity contribution in [2.75, 3.05) is 0 Å². The Hall–Kier alpha value is -1.64. The normalized spacial score (nSPS) is 35.9. The molecule has 25 heavy (non-hydrogen) atoms. The first kappa shape index (κ1) is 15.6. The van der Waals surface area contributed by atoms with Gasteiger partial charge in [-0.15, -0.1) is 0 Å². The average molecular weight is 333 g/mol. The van der Waals surface area contributed by atoms with E-state index in [1.807, 2.05) is 0 Å². The highest BCUT2D eigenvalue weighted by molar-refractivity contribution is 5.63. The molecule has 4 aliphatic carbocycles. The first-order valence-corrected chi connectivity index (χ1v) is 9.76. The zero-order valence-electron chi connectivity index (χ0n) is 14.7. The molecule has 3 atom stereocenters. The van der Waals surface area contributed by atoms with E-state index in [2.05, 4.69) is 54.6 Å². The topological polar surface area (TPSA) is 35.2 Å². The highest BCUT2D eigenvalue weighted by Gasteiger charge is 2.56. The van der Waals surface area contributed by atoms with Gasteiger partial charge < -0.3 is 10.5 Å². The van der Waals surface area contributed by atoms with Crippen LogP contribution in [0.25, 0.3) is 11.1 Å². The van der Waals surface area contributed by atoms with Crippen molar-refractivity contribution in [2.45, 2.75) is 50.4 Å². The number of rotatable bonds is 4. The Balaban J connectivity index is 1.30. The summed E-state index contributed by atoms with van der Waals surface area (Å²) in [6.45, 7) is 0.689. The third kappa shape index (κ3) is 2.72. The molecule has 2 nitrogen and oxygen atoms in total. The largest absolute Gasteiger partial charge is 0.369 e. The van der Waals surface area contributed by atoms with E-state index in [0.29, 0.717) is 12.5 Å². The Morgan fingerprint density at radius 2 is 1.48 bits per heavy atom. The maximum atomic E-state index is 6.64. The summed E-state index contributed by atoms with van der Waals surface area (Å²) >= 11 is 0. The smallest absolute Gasteiger partial charge is 0.0845 e. The lowest BCUT2D eigenvalue weighted by atomic mass is 9.52. The third-order valence-electron chi connectivity index (χ3n) is 6.91. The number of ether oxygens (including phenoxy) is 1. The van der Waals surface area contributed by atoms with E-state index in [0.717, 1.165) is 11.8 Å². The first-order valence-electron chi connectivity index (χ1n) is 9.76. The average Bonchev–Trinajstić information content (AvgIpc) is 2.65. The van der Waals surface area contributed by atoms with Gasteiger partial charge in [-0.05, 0) is 66.5 Å². The molecule has 2 aromatic carbocycles. The minimum absolute atomic E-state index is 0.0488. The highest BCUT2D eigenvalue weighted by atomic mass is 16.5. The maximum Gasteiger partial charge on any atom is 0.0845 e. The van der Waals surface area contributed by atoms with Crippen molar-refractivity contribution in [2.24, 2.45) is 23.5 Å². The van der Waals surface area contributed by atoms with Crippen molar-refractivity contribution in [3.8, 4) is 11.1 Å². The van der Waals surface area contributed by atoms with Gasteiger partial charge in [-0.1, -0.05) is 54.6 Å². The van der Waals surface area contributed by atoms with Crippen LogP contribution in [0, 0.1) is 17.8 Å². The van der Waals surface area contributed by atoms with Crippen molar-refractivity contribution in [1.29, 1.82) is 0 Å². The quantitative estimate of drug-likeness (QED) is 0.874. The molecule has 4 saturated carbocycles. The van der Waals surface area contributed by atoms with E-state index >= 15 is 0 Å². The van der Waals surface area contributed by atoms with Gasteiger partial charge in [0.25, 0.3) is 0 Å². The Bertz CT molecular complexity index is 724. The molecular weight excluding hydrogens is 306 g/mol. The summed E-state index contributed by atoms with van der Waals surface area (Å²) in [5.74, 6) is 2.42. The molecule has 2 N–H and O–H groups in total. The third-order valence-corrected chi connectivity index (χ3v) is 6.91. The van der Waals surface area contributed by atoms with E-state index in [4.69, 9.17) is 10.5 Å². The Morgan fingerprint density at radius 3 is 2.16 bits per heavy atom. The molecule has 0 saturated heterocycles. The highest BCUT2D eigenvalue weighted by Crippen LogP contribution is 2.56. The molecule has 0 aromatic heterocycles.